The number of nitrogens with zero attached hydrogens (tertiary/aromatic N) is 3. The van der Waals surface area contributed by atoms with Crippen molar-refractivity contribution in [2.24, 2.45) is 0 Å². The average Bonchev–Trinajstić information content (AvgIpc) is 3.47. The number of H-pyrrole nitrogens is 1. The number of hydrogen-bond acceptors (Lipinski definition) is 9. The molecule has 3 amide bonds. The minimum absolute atomic E-state index is 0.0662. The van der Waals surface area contributed by atoms with Gasteiger partial charge in [0, 0.05) is 36.1 Å². The van der Waals surface area contributed by atoms with Gasteiger partial charge in [-0.1, -0.05) is 41.6 Å². The first kappa shape index (κ1) is 29.4. The molecule has 222 valence electrons. The molecule has 43 heavy (non-hydrogen) atoms. The summed E-state index contributed by atoms with van der Waals surface area (Å²) in [6.45, 7) is 0.661. The zero-order valence-corrected chi connectivity index (χ0v) is 23.1. The van der Waals surface area contributed by atoms with Crippen molar-refractivity contribution in [1.82, 2.24) is 15.0 Å². The lowest BCUT2D eigenvalue weighted by Crippen LogP contribution is -2.55. The summed E-state index contributed by atoms with van der Waals surface area (Å²) < 4.78 is 15.6. The molecule has 13 nitrogen and oxygen atoms in total. The van der Waals surface area contributed by atoms with Gasteiger partial charge in [0.05, 0.1) is 13.2 Å². The molecule has 0 aliphatic carbocycles. The van der Waals surface area contributed by atoms with Crippen molar-refractivity contribution in [1.29, 1.82) is 0 Å². The highest BCUT2D eigenvalue weighted by atomic mass is 16.5. The molecule has 1 aromatic heterocycles. The van der Waals surface area contributed by atoms with E-state index in [0.717, 1.165) is 5.56 Å². The Morgan fingerprint density at radius 2 is 1.88 bits per heavy atom. The SMILES string of the molecule is CN(COCc1ccccc1)C(=O)c1cccc(N2CCO[C@H]([C@@H](O)C(=O)Nc3ccc(-c4noc(=O)[nH]4)cc3)C2=O)c1. The van der Waals surface area contributed by atoms with E-state index in [9.17, 15) is 24.3 Å². The molecule has 3 N–H and O–H groups in total. The molecule has 1 aliphatic heterocycles. The Morgan fingerprint density at radius 1 is 1.12 bits per heavy atom. The van der Waals surface area contributed by atoms with Gasteiger partial charge in [-0.3, -0.25) is 23.9 Å². The second kappa shape index (κ2) is 13.2. The van der Waals surface area contributed by atoms with Crippen LogP contribution in [0.2, 0.25) is 0 Å². The summed E-state index contributed by atoms with van der Waals surface area (Å²) in [5.74, 6) is -2.24. The third-order valence-electron chi connectivity index (χ3n) is 6.69. The normalized spacial score (nSPS) is 15.6. The van der Waals surface area contributed by atoms with Crippen LogP contribution in [0.25, 0.3) is 11.4 Å². The minimum atomic E-state index is -1.81. The van der Waals surface area contributed by atoms with E-state index >= 15 is 0 Å². The Hall–Kier alpha value is -5.11. The number of aliphatic hydroxyl groups is 1. The van der Waals surface area contributed by atoms with E-state index in [4.69, 9.17) is 9.47 Å². The molecular weight excluding hydrogens is 558 g/mol. The van der Waals surface area contributed by atoms with Gasteiger partial charge in [0.2, 0.25) is 0 Å². The highest BCUT2D eigenvalue weighted by Gasteiger charge is 2.39. The molecule has 3 aromatic carbocycles. The van der Waals surface area contributed by atoms with Gasteiger partial charge in [-0.15, -0.1) is 0 Å². The number of morpholine rings is 1. The van der Waals surface area contributed by atoms with Crippen LogP contribution in [0.1, 0.15) is 15.9 Å². The van der Waals surface area contributed by atoms with Crippen LogP contribution >= 0.6 is 0 Å². The number of ether oxygens (including phenoxy) is 2. The second-order valence-corrected chi connectivity index (χ2v) is 9.75. The highest BCUT2D eigenvalue weighted by Crippen LogP contribution is 2.23. The maximum Gasteiger partial charge on any atom is 0.439 e. The number of rotatable bonds is 10. The van der Waals surface area contributed by atoms with E-state index in [-0.39, 0.29) is 31.6 Å². The van der Waals surface area contributed by atoms with Crippen LogP contribution in [0.5, 0.6) is 0 Å². The van der Waals surface area contributed by atoms with Crippen molar-refractivity contribution < 1.29 is 33.5 Å². The number of amides is 3. The summed E-state index contributed by atoms with van der Waals surface area (Å²) in [6, 6.07) is 22.4. The van der Waals surface area contributed by atoms with Crippen molar-refractivity contribution in [3.8, 4) is 11.4 Å². The summed E-state index contributed by atoms with van der Waals surface area (Å²) >= 11 is 0. The van der Waals surface area contributed by atoms with E-state index in [1.165, 1.54) is 21.9 Å². The summed E-state index contributed by atoms with van der Waals surface area (Å²) in [5, 5.41) is 16.9. The summed E-state index contributed by atoms with van der Waals surface area (Å²) in [4.78, 5) is 55.5. The van der Waals surface area contributed by atoms with E-state index in [2.05, 4.69) is 20.0 Å². The predicted molar refractivity (Wildman–Crippen MR) is 154 cm³/mol. The number of carbonyl (C=O) groups excluding carboxylic acids is 3. The largest absolute Gasteiger partial charge is 0.439 e. The lowest BCUT2D eigenvalue weighted by molar-refractivity contribution is -0.150. The standard InChI is InChI=1S/C30H29N5O8/c1-34(18-41-17-19-6-3-2-4-7-19)28(38)21-8-5-9-23(16-21)35-14-15-42-25(29(35)39)24(36)27(37)31-22-12-10-20(11-13-22)26-32-30(40)43-33-26/h2-13,16,24-25,36H,14-15,17-18H2,1H3,(H,31,37)(H,32,33,40)/t24-,25-/m1/s1. The molecule has 13 heteroatoms. The molecule has 0 saturated carbocycles. The van der Waals surface area contributed by atoms with Gasteiger partial charge in [-0.05, 0) is 48.0 Å². The van der Waals surface area contributed by atoms with Gasteiger partial charge < -0.3 is 29.7 Å². The van der Waals surface area contributed by atoms with Crippen LogP contribution in [0.15, 0.2) is 88.2 Å². The number of carbonyl (C=O) groups is 3. The van der Waals surface area contributed by atoms with Crippen molar-refractivity contribution >= 4 is 29.1 Å². The molecule has 1 saturated heterocycles. The van der Waals surface area contributed by atoms with Gasteiger partial charge in [-0.2, -0.15) is 0 Å². The Bertz CT molecular complexity index is 1640. The van der Waals surface area contributed by atoms with Gasteiger partial charge in [0.1, 0.15) is 6.73 Å². The molecule has 1 fully saturated rings. The summed E-state index contributed by atoms with van der Waals surface area (Å²) in [5.41, 5.74) is 2.63. The lowest BCUT2D eigenvalue weighted by Gasteiger charge is -2.34. The molecule has 4 aromatic rings. The zero-order chi connectivity index (χ0) is 30.3. The van der Waals surface area contributed by atoms with Crippen LogP contribution in [0.4, 0.5) is 11.4 Å². The van der Waals surface area contributed by atoms with Crippen molar-refractivity contribution in [2.75, 3.05) is 37.1 Å². The monoisotopic (exact) mass is 587 g/mol. The number of nitrogens with one attached hydrogen (secondary N) is 2. The molecule has 0 radical (unpaired) electrons. The molecule has 1 aliphatic rings. The number of hydrogen-bond donors (Lipinski definition) is 3. The fourth-order valence-electron chi connectivity index (χ4n) is 4.47. The average molecular weight is 588 g/mol. The molecule has 0 bridgehead atoms. The van der Waals surface area contributed by atoms with Crippen molar-refractivity contribution in [3.05, 3.63) is 101 Å². The molecule has 0 spiro atoms. The molecule has 2 heterocycles. The van der Waals surface area contributed by atoms with Gasteiger partial charge in [0.15, 0.2) is 18.0 Å². The van der Waals surface area contributed by atoms with Crippen LogP contribution in [0, 0.1) is 0 Å². The third-order valence-corrected chi connectivity index (χ3v) is 6.69. The Labute approximate surface area is 245 Å². The Balaban J connectivity index is 1.19. The quantitative estimate of drug-likeness (QED) is 0.235. The van der Waals surface area contributed by atoms with Crippen LogP contribution in [-0.4, -0.2) is 77.0 Å². The number of aromatic amines is 1. The Morgan fingerprint density at radius 3 is 2.60 bits per heavy atom. The van der Waals surface area contributed by atoms with Crippen molar-refractivity contribution in [3.63, 3.8) is 0 Å². The van der Waals surface area contributed by atoms with Gasteiger partial charge >= 0.3 is 5.76 Å². The fraction of sp³-hybridized carbons (Fsp3) is 0.233. The van der Waals surface area contributed by atoms with E-state index in [1.54, 1.807) is 43.4 Å². The molecule has 0 unspecified atom stereocenters. The topological polar surface area (TPSA) is 167 Å². The smallest absolute Gasteiger partial charge is 0.380 e. The zero-order valence-electron chi connectivity index (χ0n) is 23.1. The first-order valence-corrected chi connectivity index (χ1v) is 13.4. The van der Waals surface area contributed by atoms with E-state index < -0.39 is 29.8 Å². The molecular formula is C30H29N5O8. The van der Waals surface area contributed by atoms with Crippen LogP contribution in [-0.2, 0) is 25.7 Å². The highest BCUT2D eigenvalue weighted by molar-refractivity contribution is 6.04. The van der Waals surface area contributed by atoms with Gasteiger partial charge in [-0.25, -0.2) is 4.79 Å². The minimum Gasteiger partial charge on any atom is -0.380 e. The third kappa shape index (κ3) is 7.04. The maximum absolute atomic E-state index is 13.3. The second-order valence-electron chi connectivity index (χ2n) is 9.75. The van der Waals surface area contributed by atoms with Crippen molar-refractivity contribution in [2.45, 2.75) is 18.8 Å². The predicted octanol–water partition coefficient (Wildman–Crippen LogP) is 2.01. The molecule has 5 rings (SSSR count). The number of aliphatic hydroxyl groups excluding tert-OH is 1. The van der Waals surface area contributed by atoms with E-state index in [0.29, 0.717) is 29.1 Å². The van der Waals surface area contributed by atoms with Crippen LogP contribution < -0.4 is 16.0 Å². The number of benzene rings is 3. The number of aromatic nitrogens is 2. The lowest BCUT2D eigenvalue weighted by atomic mass is 10.1. The summed E-state index contributed by atoms with van der Waals surface area (Å²) in [6.07, 6.45) is -3.26. The maximum atomic E-state index is 13.3. The first-order chi connectivity index (χ1) is 20.8. The fourth-order valence-corrected chi connectivity index (χ4v) is 4.47. The van der Waals surface area contributed by atoms with Gasteiger partial charge in [0.25, 0.3) is 17.7 Å². The Kier molecular flexibility index (Phi) is 9.05. The number of anilines is 2. The molecule has 2 atom stereocenters. The summed E-state index contributed by atoms with van der Waals surface area (Å²) in [7, 11) is 1.62. The van der Waals surface area contributed by atoms with Crippen LogP contribution in [0.3, 0.4) is 0 Å². The first-order valence-electron chi connectivity index (χ1n) is 13.4. The van der Waals surface area contributed by atoms with E-state index in [1.807, 2.05) is 30.3 Å².